The van der Waals surface area contributed by atoms with Crippen LogP contribution in [0.4, 0.5) is 10.3 Å². The van der Waals surface area contributed by atoms with Crippen LogP contribution in [0.25, 0.3) is 11.0 Å². The normalized spacial score (nSPS) is 23.9. The number of halogens is 2. The van der Waals surface area contributed by atoms with E-state index in [4.69, 9.17) is 10.5 Å². The number of anilines is 1. The lowest BCUT2D eigenvalue weighted by molar-refractivity contribution is 0.00713. The van der Waals surface area contributed by atoms with Crippen molar-refractivity contribution in [1.82, 2.24) is 9.55 Å². The number of fused-ring (bicyclic) bond motifs is 1. The number of nitrogens with zero attached hydrogens (tertiary/aromatic N) is 2. The lowest BCUT2D eigenvalue weighted by Gasteiger charge is -2.29. The van der Waals surface area contributed by atoms with Crippen LogP contribution in [0.1, 0.15) is 25.8 Å². The summed E-state index contributed by atoms with van der Waals surface area (Å²) in [4.78, 5) is 4.25. The van der Waals surface area contributed by atoms with Crippen LogP contribution in [-0.4, -0.2) is 22.3 Å². The van der Waals surface area contributed by atoms with Crippen molar-refractivity contribution in [2.24, 2.45) is 0 Å². The fourth-order valence-corrected chi connectivity index (χ4v) is 3.03. The number of hydrogen-bond acceptors (Lipinski definition) is 3. The highest BCUT2D eigenvalue weighted by Crippen LogP contribution is 2.33. The summed E-state index contributed by atoms with van der Waals surface area (Å²) < 4.78 is 21.5. The van der Waals surface area contributed by atoms with Crippen LogP contribution in [0.5, 0.6) is 0 Å². The summed E-state index contributed by atoms with van der Waals surface area (Å²) in [6.07, 6.45) is 2.00. The van der Waals surface area contributed by atoms with E-state index in [2.05, 4.69) is 27.8 Å². The first kappa shape index (κ1) is 12.9. The SMILES string of the molecule is CC1CC(n2c(N)nc3cc(F)c(Br)cc32)CCO1. The van der Waals surface area contributed by atoms with E-state index in [0.717, 1.165) is 18.4 Å². The Morgan fingerprint density at radius 1 is 1.53 bits per heavy atom. The van der Waals surface area contributed by atoms with Crippen LogP contribution in [0.15, 0.2) is 16.6 Å². The highest BCUT2D eigenvalue weighted by molar-refractivity contribution is 9.10. The zero-order valence-corrected chi connectivity index (χ0v) is 12.2. The average Bonchev–Trinajstić information content (AvgIpc) is 2.65. The van der Waals surface area contributed by atoms with Crippen molar-refractivity contribution in [2.75, 3.05) is 12.3 Å². The van der Waals surface area contributed by atoms with E-state index in [0.29, 0.717) is 22.5 Å². The van der Waals surface area contributed by atoms with Crippen molar-refractivity contribution in [1.29, 1.82) is 0 Å². The smallest absolute Gasteiger partial charge is 0.201 e. The van der Waals surface area contributed by atoms with Crippen molar-refractivity contribution in [3.63, 3.8) is 0 Å². The highest BCUT2D eigenvalue weighted by atomic mass is 79.9. The van der Waals surface area contributed by atoms with Gasteiger partial charge in [-0.05, 0) is 41.8 Å². The predicted molar refractivity (Wildman–Crippen MR) is 75.5 cm³/mol. The number of hydrogen-bond donors (Lipinski definition) is 1. The maximum absolute atomic E-state index is 13.5. The van der Waals surface area contributed by atoms with E-state index < -0.39 is 0 Å². The van der Waals surface area contributed by atoms with Crippen LogP contribution in [0.2, 0.25) is 0 Å². The molecule has 19 heavy (non-hydrogen) atoms. The first-order chi connectivity index (χ1) is 9.06. The summed E-state index contributed by atoms with van der Waals surface area (Å²) in [5, 5.41) is 0. The molecular formula is C13H15BrFN3O. The molecule has 1 aliphatic heterocycles. The summed E-state index contributed by atoms with van der Waals surface area (Å²) in [7, 11) is 0. The second-order valence-electron chi connectivity index (χ2n) is 4.95. The molecule has 3 rings (SSSR count). The second kappa shape index (κ2) is 4.76. The molecule has 1 aromatic heterocycles. The summed E-state index contributed by atoms with van der Waals surface area (Å²) in [6.45, 7) is 2.77. The number of nitrogens with two attached hydrogens (primary N) is 1. The fraction of sp³-hybridized carbons (Fsp3) is 0.462. The summed E-state index contributed by atoms with van der Waals surface area (Å²) in [5.41, 5.74) is 7.46. The van der Waals surface area contributed by atoms with Crippen LogP contribution >= 0.6 is 15.9 Å². The quantitative estimate of drug-likeness (QED) is 0.874. The van der Waals surface area contributed by atoms with Gasteiger partial charge >= 0.3 is 0 Å². The van der Waals surface area contributed by atoms with E-state index in [9.17, 15) is 4.39 Å². The second-order valence-corrected chi connectivity index (χ2v) is 5.81. The molecule has 1 saturated heterocycles. The molecule has 2 aromatic rings. The molecule has 0 aliphatic carbocycles. The Morgan fingerprint density at radius 3 is 3.05 bits per heavy atom. The fourth-order valence-electron chi connectivity index (χ4n) is 2.70. The summed E-state index contributed by atoms with van der Waals surface area (Å²) >= 11 is 3.21. The van der Waals surface area contributed by atoms with Gasteiger partial charge in [0, 0.05) is 18.7 Å². The Hall–Kier alpha value is -1.14. The van der Waals surface area contributed by atoms with Gasteiger partial charge in [0.1, 0.15) is 5.82 Å². The van der Waals surface area contributed by atoms with E-state index in [-0.39, 0.29) is 18.0 Å². The Balaban J connectivity index is 2.12. The molecule has 2 heterocycles. The monoisotopic (exact) mass is 327 g/mol. The van der Waals surface area contributed by atoms with Crippen LogP contribution in [0.3, 0.4) is 0 Å². The minimum Gasteiger partial charge on any atom is -0.378 e. The third-order valence-corrected chi connectivity index (χ3v) is 4.19. The number of rotatable bonds is 1. The third kappa shape index (κ3) is 2.23. The molecule has 102 valence electrons. The first-order valence-corrected chi connectivity index (χ1v) is 7.09. The zero-order valence-electron chi connectivity index (χ0n) is 10.6. The van der Waals surface area contributed by atoms with E-state index in [1.54, 1.807) is 6.07 Å². The molecule has 6 heteroatoms. The standard InChI is InChI=1S/C13H15BrFN3O/c1-7-4-8(2-3-19-7)18-12-5-9(14)10(15)6-11(12)17-13(18)16/h5-8H,2-4H2,1H3,(H2,16,17). The number of ether oxygens (including phenoxy) is 1. The van der Waals surface area contributed by atoms with Gasteiger partial charge in [-0.2, -0.15) is 0 Å². The van der Waals surface area contributed by atoms with Gasteiger partial charge in [-0.1, -0.05) is 0 Å². The lowest BCUT2D eigenvalue weighted by Crippen LogP contribution is -2.26. The van der Waals surface area contributed by atoms with Crippen molar-refractivity contribution in [3.8, 4) is 0 Å². The van der Waals surface area contributed by atoms with Gasteiger partial charge in [-0.25, -0.2) is 9.37 Å². The molecule has 0 amide bonds. The zero-order chi connectivity index (χ0) is 13.6. The molecule has 2 unspecified atom stereocenters. The number of imidazole rings is 1. The van der Waals surface area contributed by atoms with Crippen LogP contribution in [0, 0.1) is 5.82 Å². The molecule has 0 saturated carbocycles. The molecule has 4 nitrogen and oxygen atoms in total. The van der Waals surface area contributed by atoms with Crippen LogP contribution in [-0.2, 0) is 4.74 Å². The Morgan fingerprint density at radius 2 is 2.32 bits per heavy atom. The molecule has 1 aromatic carbocycles. The number of aromatic nitrogens is 2. The van der Waals surface area contributed by atoms with E-state index in [1.165, 1.54) is 6.07 Å². The summed E-state index contributed by atoms with van der Waals surface area (Å²) in [5.74, 6) is 0.115. The number of nitrogen functional groups attached to an aromatic ring is 1. The largest absolute Gasteiger partial charge is 0.378 e. The molecule has 0 bridgehead atoms. The highest BCUT2D eigenvalue weighted by Gasteiger charge is 2.24. The van der Waals surface area contributed by atoms with Crippen molar-refractivity contribution < 1.29 is 9.13 Å². The maximum atomic E-state index is 13.5. The van der Waals surface area contributed by atoms with Gasteiger partial charge in [-0.15, -0.1) is 0 Å². The Bertz CT molecular complexity index is 628. The number of benzene rings is 1. The third-order valence-electron chi connectivity index (χ3n) is 3.58. The topological polar surface area (TPSA) is 53.1 Å². The molecule has 0 radical (unpaired) electrons. The van der Waals surface area contributed by atoms with E-state index >= 15 is 0 Å². The van der Waals surface area contributed by atoms with Gasteiger partial charge in [0.05, 0.1) is 21.6 Å². The lowest BCUT2D eigenvalue weighted by atomic mass is 10.0. The van der Waals surface area contributed by atoms with Gasteiger partial charge in [0.15, 0.2) is 0 Å². The van der Waals surface area contributed by atoms with Gasteiger partial charge in [0.2, 0.25) is 5.95 Å². The molecule has 2 N–H and O–H groups in total. The molecular weight excluding hydrogens is 313 g/mol. The minimum absolute atomic E-state index is 0.208. The Labute approximate surface area is 118 Å². The predicted octanol–water partition coefficient (Wildman–Crippen LogP) is 3.26. The van der Waals surface area contributed by atoms with Crippen molar-refractivity contribution in [2.45, 2.75) is 31.9 Å². The minimum atomic E-state index is -0.322. The Kier molecular flexibility index (Phi) is 3.22. The van der Waals surface area contributed by atoms with Gasteiger partial charge < -0.3 is 15.0 Å². The van der Waals surface area contributed by atoms with Crippen molar-refractivity contribution in [3.05, 3.63) is 22.4 Å². The molecule has 1 aliphatic rings. The van der Waals surface area contributed by atoms with E-state index in [1.807, 2.05) is 4.57 Å². The van der Waals surface area contributed by atoms with Gasteiger partial charge in [-0.3, -0.25) is 0 Å². The molecule has 1 fully saturated rings. The molecule has 2 atom stereocenters. The summed E-state index contributed by atoms with van der Waals surface area (Å²) in [6, 6.07) is 3.41. The maximum Gasteiger partial charge on any atom is 0.201 e. The average molecular weight is 328 g/mol. The molecule has 0 spiro atoms. The van der Waals surface area contributed by atoms with Gasteiger partial charge in [0.25, 0.3) is 0 Å². The first-order valence-electron chi connectivity index (χ1n) is 6.30. The van der Waals surface area contributed by atoms with Crippen molar-refractivity contribution >= 4 is 32.9 Å². The van der Waals surface area contributed by atoms with Crippen LogP contribution < -0.4 is 5.73 Å².